The minimum absolute atomic E-state index is 0.0610. The van der Waals surface area contributed by atoms with Crippen molar-refractivity contribution in [3.63, 3.8) is 0 Å². The predicted octanol–water partition coefficient (Wildman–Crippen LogP) is 7.06. The minimum atomic E-state index is -6.27. The van der Waals surface area contributed by atoms with Crippen LogP contribution in [-0.2, 0) is 5.67 Å². The monoisotopic (exact) mass is 513 g/mol. The molecule has 3 aromatic carbocycles. The lowest BCUT2D eigenvalue weighted by Crippen LogP contribution is -2.50. The van der Waals surface area contributed by atoms with Crippen LogP contribution in [0.2, 0.25) is 0 Å². The summed E-state index contributed by atoms with van der Waals surface area (Å²) in [5.41, 5.74) is -7.39. The van der Waals surface area contributed by atoms with Gasteiger partial charge in [-0.3, -0.25) is 4.79 Å². The SMILES string of the molecule is Cc1cc(C(F)(C(F)(F)F)C(F)(F)F)cc(C)c1OC(=O)c1cccc(NC(=O)c2ccccc2)c1. The van der Waals surface area contributed by atoms with E-state index in [-0.39, 0.29) is 28.1 Å². The fourth-order valence-corrected chi connectivity index (χ4v) is 3.47. The maximum absolute atomic E-state index is 14.4. The van der Waals surface area contributed by atoms with Crippen LogP contribution in [0.5, 0.6) is 5.75 Å². The van der Waals surface area contributed by atoms with Gasteiger partial charge in [-0.05, 0) is 67.4 Å². The molecule has 0 saturated carbocycles. The third-order valence-corrected chi connectivity index (χ3v) is 5.23. The van der Waals surface area contributed by atoms with Gasteiger partial charge in [-0.15, -0.1) is 0 Å². The molecule has 0 unspecified atom stereocenters. The second kappa shape index (κ2) is 9.63. The Hall–Kier alpha value is -3.89. The van der Waals surface area contributed by atoms with E-state index >= 15 is 0 Å². The number of amides is 1. The number of carbonyl (C=O) groups is 2. The summed E-state index contributed by atoms with van der Waals surface area (Å²) in [7, 11) is 0. The van der Waals surface area contributed by atoms with E-state index in [1.165, 1.54) is 24.3 Å². The van der Waals surface area contributed by atoms with Crippen LogP contribution in [0.4, 0.5) is 36.4 Å². The molecule has 0 spiro atoms. The summed E-state index contributed by atoms with van der Waals surface area (Å²) >= 11 is 0. The second-order valence-corrected chi connectivity index (χ2v) is 7.88. The van der Waals surface area contributed by atoms with Crippen molar-refractivity contribution in [3.05, 3.63) is 94.5 Å². The largest absolute Gasteiger partial charge is 0.435 e. The first-order valence-corrected chi connectivity index (χ1v) is 10.3. The molecule has 3 aromatic rings. The zero-order chi connectivity index (χ0) is 26.9. The molecule has 36 heavy (non-hydrogen) atoms. The van der Waals surface area contributed by atoms with E-state index in [0.29, 0.717) is 17.7 Å². The van der Waals surface area contributed by atoms with Gasteiger partial charge in [0.1, 0.15) is 5.75 Å². The van der Waals surface area contributed by atoms with Gasteiger partial charge in [-0.2, -0.15) is 26.3 Å². The van der Waals surface area contributed by atoms with Gasteiger partial charge in [-0.25, -0.2) is 9.18 Å². The topological polar surface area (TPSA) is 55.4 Å². The van der Waals surface area contributed by atoms with Gasteiger partial charge in [0.2, 0.25) is 0 Å². The van der Waals surface area contributed by atoms with Gasteiger partial charge in [0.05, 0.1) is 5.56 Å². The standard InChI is InChI=1S/C25H18F7NO3/c1-14-11-18(23(26,24(27,28)29)25(30,31)32)12-15(2)20(14)36-22(35)17-9-6-10-19(13-17)33-21(34)16-7-4-3-5-8-16/h3-13H,1-2H3,(H,33,34). The third-order valence-electron chi connectivity index (χ3n) is 5.23. The van der Waals surface area contributed by atoms with Crippen LogP contribution in [0.25, 0.3) is 0 Å². The highest BCUT2D eigenvalue weighted by Gasteiger charge is 2.73. The molecule has 0 saturated heterocycles. The van der Waals surface area contributed by atoms with Gasteiger partial charge in [0, 0.05) is 16.8 Å². The average Bonchev–Trinajstić information content (AvgIpc) is 2.79. The smallest absolute Gasteiger partial charge is 0.422 e. The highest BCUT2D eigenvalue weighted by Crippen LogP contribution is 2.54. The van der Waals surface area contributed by atoms with E-state index in [2.05, 4.69) is 5.32 Å². The minimum Gasteiger partial charge on any atom is -0.422 e. The molecular formula is C25H18F7NO3. The number of benzene rings is 3. The van der Waals surface area contributed by atoms with Crippen molar-refractivity contribution < 1.29 is 45.1 Å². The highest BCUT2D eigenvalue weighted by molar-refractivity contribution is 6.04. The molecule has 11 heteroatoms. The van der Waals surface area contributed by atoms with Gasteiger partial charge >= 0.3 is 24.0 Å². The second-order valence-electron chi connectivity index (χ2n) is 7.88. The maximum atomic E-state index is 14.4. The number of anilines is 1. The zero-order valence-corrected chi connectivity index (χ0v) is 18.7. The summed E-state index contributed by atoms with van der Waals surface area (Å²) in [6.07, 6.45) is -12.5. The van der Waals surface area contributed by atoms with Gasteiger partial charge in [0.15, 0.2) is 0 Å². The highest BCUT2D eigenvalue weighted by atomic mass is 19.4. The number of rotatable bonds is 5. The van der Waals surface area contributed by atoms with Gasteiger partial charge in [-0.1, -0.05) is 24.3 Å². The van der Waals surface area contributed by atoms with Crippen molar-refractivity contribution in [1.29, 1.82) is 0 Å². The van der Waals surface area contributed by atoms with Crippen LogP contribution in [0.15, 0.2) is 66.7 Å². The van der Waals surface area contributed by atoms with Crippen LogP contribution >= 0.6 is 0 Å². The molecule has 190 valence electrons. The molecule has 0 aliphatic rings. The van der Waals surface area contributed by atoms with E-state index in [0.717, 1.165) is 13.8 Å². The summed E-state index contributed by atoms with van der Waals surface area (Å²) < 4.78 is 98.3. The first-order chi connectivity index (χ1) is 16.6. The molecule has 0 aliphatic heterocycles. The summed E-state index contributed by atoms with van der Waals surface area (Å²) in [6.45, 7) is 2.17. The lowest BCUT2D eigenvalue weighted by atomic mass is 9.91. The van der Waals surface area contributed by atoms with Crippen LogP contribution < -0.4 is 10.1 Å². The zero-order valence-electron chi connectivity index (χ0n) is 18.7. The number of esters is 1. The van der Waals surface area contributed by atoms with Crippen molar-refractivity contribution in [2.45, 2.75) is 31.9 Å². The van der Waals surface area contributed by atoms with Crippen LogP contribution in [0.1, 0.15) is 37.4 Å². The number of aryl methyl sites for hydroxylation is 2. The van der Waals surface area contributed by atoms with E-state index in [9.17, 15) is 40.3 Å². The van der Waals surface area contributed by atoms with E-state index in [1.54, 1.807) is 30.3 Å². The van der Waals surface area contributed by atoms with E-state index in [1.807, 2.05) is 0 Å². The molecule has 0 atom stereocenters. The van der Waals surface area contributed by atoms with E-state index in [4.69, 9.17) is 4.74 Å². The Balaban J connectivity index is 1.87. The van der Waals surface area contributed by atoms with Gasteiger partial charge < -0.3 is 10.1 Å². The van der Waals surface area contributed by atoms with Crippen molar-refractivity contribution in [2.75, 3.05) is 5.32 Å². The molecule has 1 N–H and O–H groups in total. The lowest BCUT2D eigenvalue weighted by Gasteiger charge is -2.31. The van der Waals surface area contributed by atoms with Crippen molar-refractivity contribution in [3.8, 4) is 5.75 Å². The molecule has 0 heterocycles. The lowest BCUT2D eigenvalue weighted by molar-refractivity contribution is -0.348. The Kier molecular flexibility index (Phi) is 7.15. The maximum Gasteiger partial charge on any atom is 0.435 e. The summed E-state index contributed by atoms with van der Waals surface area (Å²) in [4.78, 5) is 25.0. The number of ether oxygens (including phenoxy) is 1. The first kappa shape index (κ1) is 26.7. The number of hydrogen-bond acceptors (Lipinski definition) is 3. The Morgan fingerprint density at radius 2 is 1.25 bits per heavy atom. The Labute approximate surface area is 200 Å². The number of carbonyl (C=O) groups excluding carboxylic acids is 2. The molecule has 0 radical (unpaired) electrons. The fourth-order valence-electron chi connectivity index (χ4n) is 3.47. The van der Waals surface area contributed by atoms with Crippen molar-refractivity contribution in [1.82, 2.24) is 0 Å². The summed E-state index contributed by atoms with van der Waals surface area (Å²) in [5, 5.41) is 2.59. The molecule has 0 bridgehead atoms. The quantitative estimate of drug-likeness (QED) is 0.226. The fraction of sp³-hybridized carbons (Fsp3) is 0.200. The molecule has 1 amide bonds. The summed E-state index contributed by atoms with van der Waals surface area (Å²) in [6, 6.07) is 14.4. The normalized spacial score (nSPS) is 12.2. The van der Waals surface area contributed by atoms with Gasteiger partial charge in [0.25, 0.3) is 5.91 Å². The van der Waals surface area contributed by atoms with Crippen molar-refractivity contribution in [2.24, 2.45) is 0 Å². The average molecular weight is 513 g/mol. The van der Waals surface area contributed by atoms with Crippen LogP contribution in [0.3, 0.4) is 0 Å². The molecular weight excluding hydrogens is 495 g/mol. The summed E-state index contributed by atoms with van der Waals surface area (Å²) in [5.74, 6) is -1.77. The molecule has 0 aromatic heterocycles. The Morgan fingerprint density at radius 1 is 0.722 bits per heavy atom. The molecule has 4 nitrogen and oxygen atoms in total. The number of hydrogen-bond donors (Lipinski definition) is 1. The molecule has 3 rings (SSSR count). The molecule has 0 aliphatic carbocycles. The number of halogens is 7. The number of nitrogens with one attached hydrogen (secondary N) is 1. The first-order valence-electron chi connectivity index (χ1n) is 10.3. The Morgan fingerprint density at radius 3 is 1.78 bits per heavy atom. The molecule has 0 fully saturated rings. The Bertz CT molecular complexity index is 1250. The predicted molar refractivity (Wildman–Crippen MR) is 117 cm³/mol. The third kappa shape index (κ3) is 5.19. The van der Waals surface area contributed by atoms with E-state index < -0.39 is 35.5 Å². The van der Waals surface area contributed by atoms with Crippen molar-refractivity contribution >= 4 is 17.6 Å². The van der Waals surface area contributed by atoms with Crippen LogP contribution in [-0.4, -0.2) is 24.2 Å². The number of alkyl halides is 7. The van der Waals surface area contributed by atoms with Crippen LogP contribution in [0, 0.1) is 13.8 Å².